The minimum absolute atomic E-state index is 0.129. The number of carboxylic acids is 1. The van der Waals surface area contributed by atoms with E-state index < -0.39 is 5.97 Å². The van der Waals surface area contributed by atoms with Crippen LogP contribution in [0, 0.1) is 0 Å². The molecule has 2 N–H and O–H groups in total. The van der Waals surface area contributed by atoms with Gasteiger partial charge in [-0.15, -0.1) is 0 Å². The van der Waals surface area contributed by atoms with Crippen molar-refractivity contribution in [1.29, 1.82) is 0 Å². The molecule has 17 heavy (non-hydrogen) atoms. The van der Waals surface area contributed by atoms with E-state index in [2.05, 4.69) is 5.32 Å². The standard InChI is InChI=1S/C12H16N2O3/c15-11(16)9-6-7-14(8-9)12(17)13-10-4-2-1-3-5-10/h6-8,10H,1-5H2,(H,13,17)(H,15,16). The molecule has 2 rings (SSSR count). The third-order valence-electron chi connectivity index (χ3n) is 3.11. The van der Waals surface area contributed by atoms with E-state index in [9.17, 15) is 9.59 Å². The highest BCUT2D eigenvalue weighted by Crippen LogP contribution is 2.17. The molecule has 0 atom stereocenters. The van der Waals surface area contributed by atoms with E-state index in [0.717, 1.165) is 25.7 Å². The maximum atomic E-state index is 11.8. The average molecular weight is 236 g/mol. The fraction of sp³-hybridized carbons (Fsp3) is 0.500. The summed E-state index contributed by atoms with van der Waals surface area (Å²) in [5.41, 5.74) is 0.129. The maximum absolute atomic E-state index is 11.8. The summed E-state index contributed by atoms with van der Waals surface area (Å²) in [7, 11) is 0. The van der Waals surface area contributed by atoms with Gasteiger partial charge in [0.25, 0.3) is 0 Å². The molecule has 0 bridgehead atoms. The number of hydrogen-bond donors (Lipinski definition) is 2. The summed E-state index contributed by atoms with van der Waals surface area (Å²) >= 11 is 0. The molecule has 1 aliphatic carbocycles. The monoisotopic (exact) mass is 236 g/mol. The zero-order valence-corrected chi connectivity index (χ0v) is 9.56. The van der Waals surface area contributed by atoms with Crippen molar-refractivity contribution in [2.45, 2.75) is 38.1 Å². The quantitative estimate of drug-likeness (QED) is 0.825. The molecule has 1 aromatic heterocycles. The third kappa shape index (κ3) is 2.87. The molecule has 0 aromatic carbocycles. The Morgan fingerprint density at radius 1 is 1.29 bits per heavy atom. The van der Waals surface area contributed by atoms with Crippen molar-refractivity contribution >= 4 is 12.0 Å². The van der Waals surface area contributed by atoms with Gasteiger partial charge in [0.1, 0.15) is 0 Å². The van der Waals surface area contributed by atoms with Crippen LogP contribution in [0.4, 0.5) is 4.79 Å². The molecule has 0 radical (unpaired) electrons. The van der Waals surface area contributed by atoms with E-state index >= 15 is 0 Å². The predicted octanol–water partition coefficient (Wildman–Crippen LogP) is 2.08. The van der Waals surface area contributed by atoms with Crippen LogP contribution in [-0.4, -0.2) is 27.7 Å². The normalized spacial score (nSPS) is 16.7. The number of nitrogens with zero attached hydrogens (tertiary/aromatic N) is 1. The van der Waals surface area contributed by atoms with Crippen molar-refractivity contribution in [3.05, 3.63) is 24.0 Å². The number of amides is 1. The summed E-state index contributed by atoms with van der Waals surface area (Å²) in [6.07, 6.45) is 8.37. The lowest BCUT2D eigenvalue weighted by molar-refractivity contribution is 0.0697. The van der Waals surface area contributed by atoms with Gasteiger partial charge < -0.3 is 10.4 Å². The lowest BCUT2D eigenvalue weighted by Gasteiger charge is -2.22. The molecule has 1 heterocycles. The van der Waals surface area contributed by atoms with Gasteiger partial charge in [-0.25, -0.2) is 9.59 Å². The van der Waals surface area contributed by atoms with Crippen LogP contribution in [0.15, 0.2) is 18.5 Å². The van der Waals surface area contributed by atoms with Crippen LogP contribution in [0.5, 0.6) is 0 Å². The fourth-order valence-corrected chi connectivity index (χ4v) is 2.15. The van der Waals surface area contributed by atoms with E-state index in [1.807, 2.05) is 0 Å². The molecule has 1 saturated carbocycles. The summed E-state index contributed by atoms with van der Waals surface area (Å²) in [4.78, 5) is 22.5. The highest BCUT2D eigenvalue weighted by molar-refractivity contribution is 5.89. The molecule has 92 valence electrons. The number of nitrogens with one attached hydrogen (secondary N) is 1. The fourth-order valence-electron chi connectivity index (χ4n) is 2.15. The van der Waals surface area contributed by atoms with E-state index in [0.29, 0.717) is 0 Å². The summed E-state index contributed by atoms with van der Waals surface area (Å²) in [5.74, 6) is -1.02. The van der Waals surface area contributed by atoms with E-state index in [1.165, 1.54) is 29.4 Å². The summed E-state index contributed by atoms with van der Waals surface area (Å²) in [6, 6.07) is 1.40. The van der Waals surface area contributed by atoms with Crippen molar-refractivity contribution in [3.8, 4) is 0 Å². The Kier molecular flexibility index (Phi) is 3.46. The number of rotatable bonds is 2. The van der Waals surface area contributed by atoms with Gasteiger partial charge in [0.2, 0.25) is 0 Å². The van der Waals surface area contributed by atoms with Gasteiger partial charge in [-0.3, -0.25) is 4.57 Å². The number of aromatic nitrogens is 1. The Labute approximate surface area is 99.4 Å². The topological polar surface area (TPSA) is 71.3 Å². The van der Waals surface area contributed by atoms with Crippen LogP contribution in [0.2, 0.25) is 0 Å². The number of carboxylic acid groups (broad SMARTS) is 1. The Hall–Kier alpha value is -1.78. The van der Waals surface area contributed by atoms with Crippen LogP contribution in [0.25, 0.3) is 0 Å². The molecule has 1 aromatic rings. The molecule has 5 nitrogen and oxygen atoms in total. The summed E-state index contributed by atoms with van der Waals surface area (Å²) in [6.45, 7) is 0. The van der Waals surface area contributed by atoms with Crippen LogP contribution < -0.4 is 5.32 Å². The number of carbonyl (C=O) groups is 2. The van der Waals surface area contributed by atoms with Crippen molar-refractivity contribution < 1.29 is 14.7 Å². The zero-order chi connectivity index (χ0) is 12.3. The van der Waals surface area contributed by atoms with E-state index in [4.69, 9.17) is 5.11 Å². The minimum atomic E-state index is -1.02. The smallest absolute Gasteiger partial charge is 0.337 e. The molecule has 0 aliphatic heterocycles. The number of aromatic carboxylic acids is 1. The predicted molar refractivity (Wildman–Crippen MR) is 62.2 cm³/mol. The molecular weight excluding hydrogens is 220 g/mol. The van der Waals surface area contributed by atoms with Gasteiger partial charge in [-0.2, -0.15) is 0 Å². The minimum Gasteiger partial charge on any atom is -0.478 e. The molecule has 0 unspecified atom stereocenters. The maximum Gasteiger partial charge on any atom is 0.337 e. The van der Waals surface area contributed by atoms with Crippen LogP contribution in [0.1, 0.15) is 42.5 Å². The Balaban J connectivity index is 1.96. The molecule has 1 amide bonds. The second-order valence-corrected chi connectivity index (χ2v) is 4.40. The largest absolute Gasteiger partial charge is 0.478 e. The van der Waals surface area contributed by atoms with Gasteiger partial charge in [-0.1, -0.05) is 19.3 Å². The first-order chi connectivity index (χ1) is 8.16. The highest BCUT2D eigenvalue weighted by Gasteiger charge is 2.17. The average Bonchev–Trinajstić information content (AvgIpc) is 2.79. The number of carbonyl (C=O) groups excluding carboxylic acids is 1. The molecule has 1 aliphatic rings. The molecule has 0 saturated heterocycles. The molecular formula is C12H16N2O3. The van der Waals surface area contributed by atoms with Gasteiger partial charge in [0.05, 0.1) is 5.56 Å². The first kappa shape index (κ1) is 11.7. The van der Waals surface area contributed by atoms with Crippen LogP contribution in [0.3, 0.4) is 0 Å². The Morgan fingerprint density at radius 2 is 2.00 bits per heavy atom. The van der Waals surface area contributed by atoms with Crippen molar-refractivity contribution in [3.63, 3.8) is 0 Å². The van der Waals surface area contributed by atoms with Gasteiger partial charge in [0, 0.05) is 18.4 Å². The first-order valence-electron chi connectivity index (χ1n) is 5.89. The van der Waals surface area contributed by atoms with Crippen LogP contribution >= 0.6 is 0 Å². The Bertz CT molecular complexity index is 419. The lowest BCUT2D eigenvalue weighted by atomic mass is 9.96. The van der Waals surface area contributed by atoms with Gasteiger partial charge in [0.15, 0.2) is 0 Å². The molecule has 1 fully saturated rings. The zero-order valence-electron chi connectivity index (χ0n) is 9.56. The molecule has 5 heteroatoms. The Morgan fingerprint density at radius 3 is 2.59 bits per heavy atom. The second kappa shape index (κ2) is 5.03. The lowest BCUT2D eigenvalue weighted by Crippen LogP contribution is -2.38. The third-order valence-corrected chi connectivity index (χ3v) is 3.11. The highest BCUT2D eigenvalue weighted by atomic mass is 16.4. The van der Waals surface area contributed by atoms with Crippen molar-refractivity contribution in [2.24, 2.45) is 0 Å². The van der Waals surface area contributed by atoms with Gasteiger partial charge >= 0.3 is 12.0 Å². The van der Waals surface area contributed by atoms with Crippen LogP contribution in [-0.2, 0) is 0 Å². The van der Waals surface area contributed by atoms with E-state index in [-0.39, 0.29) is 17.6 Å². The number of hydrogen-bond acceptors (Lipinski definition) is 2. The molecule has 0 spiro atoms. The summed E-state index contributed by atoms with van der Waals surface area (Å²) in [5, 5.41) is 11.7. The summed E-state index contributed by atoms with van der Waals surface area (Å²) < 4.78 is 1.29. The van der Waals surface area contributed by atoms with Crippen molar-refractivity contribution in [1.82, 2.24) is 9.88 Å². The second-order valence-electron chi connectivity index (χ2n) is 4.40. The van der Waals surface area contributed by atoms with E-state index in [1.54, 1.807) is 0 Å². The first-order valence-corrected chi connectivity index (χ1v) is 5.89. The van der Waals surface area contributed by atoms with Crippen molar-refractivity contribution in [2.75, 3.05) is 0 Å². The SMILES string of the molecule is O=C(O)c1ccn(C(=O)NC2CCCCC2)c1. The van der Waals surface area contributed by atoms with Gasteiger partial charge in [-0.05, 0) is 18.9 Å².